The van der Waals surface area contributed by atoms with Gasteiger partial charge in [-0.25, -0.2) is 0 Å². The lowest BCUT2D eigenvalue weighted by Gasteiger charge is -2.30. The largest absolute Gasteiger partial charge is 0.497 e. The summed E-state index contributed by atoms with van der Waals surface area (Å²) in [6.07, 6.45) is 0.808. The third-order valence-corrected chi connectivity index (χ3v) is 4.51. The normalized spacial score (nSPS) is 14.8. The second-order valence-electron chi connectivity index (χ2n) is 6.25. The molecule has 0 spiro atoms. The summed E-state index contributed by atoms with van der Waals surface area (Å²) < 4.78 is 5.09. The number of anilines is 1. The molecule has 136 valence electrons. The summed E-state index contributed by atoms with van der Waals surface area (Å²) >= 11 is 0. The van der Waals surface area contributed by atoms with Crippen molar-refractivity contribution in [1.82, 2.24) is 4.90 Å². The average Bonchev–Trinajstić information content (AvgIpc) is 2.68. The van der Waals surface area contributed by atoms with Crippen molar-refractivity contribution in [2.24, 2.45) is 0 Å². The van der Waals surface area contributed by atoms with Gasteiger partial charge < -0.3 is 20.1 Å². The number of aliphatic hydroxyl groups excluding tert-OH is 1. The van der Waals surface area contributed by atoms with E-state index in [1.165, 1.54) is 0 Å². The van der Waals surface area contributed by atoms with E-state index in [1.807, 2.05) is 0 Å². The molecule has 1 aliphatic heterocycles. The molecule has 1 fully saturated rings. The van der Waals surface area contributed by atoms with Crippen LogP contribution in [-0.4, -0.2) is 48.1 Å². The molecule has 1 heterocycles. The van der Waals surface area contributed by atoms with Gasteiger partial charge in [-0.3, -0.25) is 9.59 Å². The standard InChI is InChI=1S/C20H22N2O4/c1-26-16-8-6-14(7-9-16)19(24)21-18-5-3-2-4-17(18)20(25)22-12-10-15(23)11-13-22/h2-9,15,23H,10-13H2,1H3,(H,21,24). The summed E-state index contributed by atoms with van der Waals surface area (Å²) in [7, 11) is 1.57. The van der Waals surface area contributed by atoms with Crippen LogP contribution < -0.4 is 10.1 Å². The number of hydrogen-bond acceptors (Lipinski definition) is 4. The number of ether oxygens (including phenoxy) is 1. The number of aliphatic hydroxyl groups is 1. The van der Waals surface area contributed by atoms with E-state index in [2.05, 4.69) is 5.32 Å². The molecule has 0 aromatic heterocycles. The topological polar surface area (TPSA) is 78.9 Å². The Morgan fingerprint density at radius 3 is 2.38 bits per heavy atom. The molecule has 1 aliphatic rings. The molecule has 2 N–H and O–H groups in total. The number of methoxy groups -OCH3 is 1. The Morgan fingerprint density at radius 2 is 1.73 bits per heavy atom. The second kappa shape index (κ2) is 8.01. The van der Waals surface area contributed by atoms with Gasteiger partial charge in [0, 0.05) is 18.7 Å². The van der Waals surface area contributed by atoms with Gasteiger partial charge in [0.2, 0.25) is 0 Å². The van der Waals surface area contributed by atoms with Crippen LogP contribution >= 0.6 is 0 Å². The molecule has 6 heteroatoms. The van der Waals surface area contributed by atoms with Gasteiger partial charge >= 0.3 is 0 Å². The molecule has 0 aliphatic carbocycles. The molecule has 0 atom stereocenters. The van der Waals surface area contributed by atoms with Crippen LogP contribution in [0.3, 0.4) is 0 Å². The predicted octanol–water partition coefficient (Wildman–Crippen LogP) is 2.54. The quantitative estimate of drug-likeness (QED) is 0.884. The fourth-order valence-electron chi connectivity index (χ4n) is 2.95. The number of amides is 2. The Bertz CT molecular complexity index is 781. The zero-order valence-electron chi connectivity index (χ0n) is 14.6. The first-order chi connectivity index (χ1) is 12.6. The van der Waals surface area contributed by atoms with Gasteiger partial charge in [-0.05, 0) is 49.2 Å². The predicted molar refractivity (Wildman–Crippen MR) is 98.5 cm³/mol. The van der Waals surface area contributed by atoms with Gasteiger partial charge in [0.25, 0.3) is 11.8 Å². The van der Waals surface area contributed by atoms with E-state index in [0.717, 1.165) is 0 Å². The minimum atomic E-state index is -0.343. The van der Waals surface area contributed by atoms with Crippen molar-refractivity contribution in [3.8, 4) is 5.75 Å². The van der Waals surface area contributed by atoms with E-state index >= 15 is 0 Å². The Hall–Kier alpha value is -2.86. The SMILES string of the molecule is COc1ccc(C(=O)Nc2ccccc2C(=O)N2CCC(O)CC2)cc1. The van der Waals surface area contributed by atoms with Gasteiger partial charge in [-0.1, -0.05) is 12.1 Å². The van der Waals surface area contributed by atoms with Gasteiger partial charge in [0.15, 0.2) is 0 Å². The molecular weight excluding hydrogens is 332 g/mol. The van der Waals surface area contributed by atoms with Gasteiger partial charge in [0.05, 0.1) is 24.5 Å². The maximum atomic E-state index is 12.8. The number of carbonyl (C=O) groups excluding carboxylic acids is 2. The van der Waals surface area contributed by atoms with Crippen LogP contribution in [0.2, 0.25) is 0 Å². The molecule has 26 heavy (non-hydrogen) atoms. The molecule has 6 nitrogen and oxygen atoms in total. The molecule has 0 saturated carbocycles. The van der Waals surface area contributed by atoms with Crippen LogP contribution in [0.4, 0.5) is 5.69 Å². The number of hydrogen-bond donors (Lipinski definition) is 2. The lowest BCUT2D eigenvalue weighted by molar-refractivity contribution is 0.0547. The smallest absolute Gasteiger partial charge is 0.255 e. The molecule has 1 saturated heterocycles. The fraction of sp³-hybridized carbons (Fsp3) is 0.300. The molecule has 0 radical (unpaired) electrons. The number of rotatable bonds is 4. The van der Waals surface area contributed by atoms with Crippen molar-refractivity contribution in [3.63, 3.8) is 0 Å². The highest BCUT2D eigenvalue weighted by molar-refractivity contribution is 6.09. The Kier molecular flexibility index (Phi) is 5.53. The zero-order chi connectivity index (χ0) is 18.5. The number of nitrogens with one attached hydrogen (secondary N) is 1. The molecule has 2 amide bonds. The number of piperidine rings is 1. The van der Waals surface area contributed by atoms with Crippen molar-refractivity contribution >= 4 is 17.5 Å². The first-order valence-corrected chi connectivity index (χ1v) is 8.60. The highest BCUT2D eigenvalue weighted by Crippen LogP contribution is 2.21. The van der Waals surface area contributed by atoms with Crippen LogP contribution in [-0.2, 0) is 0 Å². The number of para-hydroxylation sites is 1. The van der Waals surface area contributed by atoms with Crippen LogP contribution in [0, 0.1) is 0 Å². The van der Waals surface area contributed by atoms with Crippen molar-refractivity contribution in [2.45, 2.75) is 18.9 Å². The summed E-state index contributed by atoms with van der Waals surface area (Å²) in [5, 5.41) is 12.4. The lowest BCUT2D eigenvalue weighted by atomic mass is 10.1. The summed E-state index contributed by atoms with van der Waals surface area (Å²) in [6, 6.07) is 13.7. The Balaban J connectivity index is 1.76. The third kappa shape index (κ3) is 4.03. The minimum absolute atomic E-state index is 0.137. The van der Waals surface area contributed by atoms with Crippen LogP contribution in [0.1, 0.15) is 33.6 Å². The van der Waals surface area contributed by atoms with E-state index in [0.29, 0.717) is 48.5 Å². The summed E-state index contributed by atoms with van der Waals surface area (Å²) in [5.41, 5.74) is 1.41. The summed E-state index contributed by atoms with van der Waals surface area (Å²) in [5.74, 6) is 0.244. The van der Waals surface area contributed by atoms with E-state index < -0.39 is 0 Å². The van der Waals surface area contributed by atoms with Crippen molar-refractivity contribution < 1.29 is 19.4 Å². The average molecular weight is 354 g/mol. The Morgan fingerprint density at radius 1 is 1.08 bits per heavy atom. The maximum absolute atomic E-state index is 12.8. The second-order valence-corrected chi connectivity index (χ2v) is 6.25. The van der Waals surface area contributed by atoms with E-state index in [-0.39, 0.29) is 17.9 Å². The molecular formula is C20H22N2O4. The van der Waals surface area contributed by atoms with Crippen molar-refractivity contribution in [2.75, 3.05) is 25.5 Å². The number of likely N-dealkylation sites (tertiary alicyclic amines) is 1. The maximum Gasteiger partial charge on any atom is 0.255 e. The van der Waals surface area contributed by atoms with Crippen LogP contribution in [0.5, 0.6) is 5.75 Å². The molecule has 2 aromatic rings. The Labute approximate surface area is 152 Å². The molecule has 2 aromatic carbocycles. The van der Waals surface area contributed by atoms with Crippen LogP contribution in [0.25, 0.3) is 0 Å². The van der Waals surface area contributed by atoms with E-state index in [9.17, 15) is 14.7 Å². The van der Waals surface area contributed by atoms with E-state index in [4.69, 9.17) is 4.74 Å². The minimum Gasteiger partial charge on any atom is -0.497 e. The monoisotopic (exact) mass is 354 g/mol. The zero-order valence-corrected chi connectivity index (χ0v) is 14.6. The fourth-order valence-corrected chi connectivity index (χ4v) is 2.95. The van der Waals surface area contributed by atoms with Gasteiger partial charge in [0.1, 0.15) is 5.75 Å². The molecule has 0 bridgehead atoms. The number of carbonyl (C=O) groups is 2. The lowest BCUT2D eigenvalue weighted by Crippen LogP contribution is -2.40. The van der Waals surface area contributed by atoms with Crippen molar-refractivity contribution in [1.29, 1.82) is 0 Å². The van der Waals surface area contributed by atoms with Crippen molar-refractivity contribution in [3.05, 3.63) is 59.7 Å². The van der Waals surface area contributed by atoms with Gasteiger partial charge in [-0.15, -0.1) is 0 Å². The first kappa shape index (κ1) is 17.9. The summed E-state index contributed by atoms with van der Waals surface area (Å²) in [6.45, 7) is 1.03. The molecule has 0 unspecified atom stereocenters. The number of benzene rings is 2. The van der Waals surface area contributed by atoms with Crippen LogP contribution in [0.15, 0.2) is 48.5 Å². The highest BCUT2D eigenvalue weighted by atomic mass is 16.5. The molecule has 3 rings (SSSR count). The van der Waals surface area contributed by atoms with E-state index in [1.54, 1.807) is 60.5 Å². The summed E-state index contributed by atoms with van der Waals surface area (Å²) in [4.78, 5) is 27.0. The van der Waals surface area contributed by atoms with Gasteiger partial charge in [-0.2, -0.15) is 0 Å². The number of nitrogens with zero attached hydrogens (tertiary/aromatic N) is 1. The third-order valence-electron chi connectivity index (χ3n) is 4.51. The first-order valence-electron chi connectivity index (χ1n) is 8.60. The highest BCUT2D eigenvalue weighted by Gasteiger charge is 2.24.